The van der Waals surface area contributed by atoms with Crippen LogP contribution in [0, 0.1) is 0 Å². The van der Waals surface area contributed by atoms with Crippen LogP contribution in [0.4, 0.5) is 0 Å². The summed E-state index contributed by atoms with van der Waals surface area (Å²) >= 11 is 0. The highest BCUT2D eigenvalue weighted by Crippen LogP contribution is 2.26. The molecule has 19 heavy (non-hydrogen) atoms. The molecule has 0 spiro atoms. The molecule has 3 N–H and O–H groups in total. The topological polar surface area (TPSA) is 61.6 Å². The van der Waals surface area contributed by atoms with E-state index in [1.54, 1.807) is 0 Å². The lowest BCUT2D eigenvalue weighted by Crippen LogP contribution is -2.60. The maximum absolute atomic E-state index is 11.8. The number of nitrogens with one attached hydrogen (secondary N) is 1. The van der Waals surface area contributed by atoms with Crippen LogP contribution in [-0.2, 0) is 4.79 Å². The fourth-order valence-electron chi connectivity index (χ4n) is 3.54. The smallest absolute Gasteiger partial charge is 0.221 e. The fraction of sp³-hybridized carbons (Fsp3) is 0.929. The first-order chi connectivity index (χ1) is 9.15. The number of hydrogen-bond donors (Lipinski definition) is 2. The summed E-state index contributed by atoms with van der Waals surface area (Å²) in [7, 11) is 0. The van der Waals surface area contributed by atoms with Crippen LogP contribution in [-0.4, -0.2) is 66.6 Å². The molecule has 0 aliphatic carbocycles. The molecule has 0 radical (unpaired) electrons. The normalized spacial score (nSPS) is 30.1. The van der Waals surface area contributed by atoms with E-state index in [0.717, 1.165) is 13.1 Å². The molecule has 0 aromatic heterocycles. The maximum atomic E-state index is 11.8. The van der Waals surface area contributed by atoms with Crippen LogP contribution in [0.25, 0.3) is 0 Å². The lowest BCUT2D eigenvalue weighted by atomic mass is 10.0. The third-order valence-electron chi connectivity index (χ3n) is 4.52. The van der Waals surface area contributed by atoms with Crippen molar-refractivity contribution >= 4 is 5.91 Å². The summed E-state index contributed by atoms with van der Waals surface area (Å²) in [6, 6.07) is 1.36. The molecule has 5 nitrogen and oxygen atoms in total. The van der Waals surface area contributed by atoms with E-state index in [4.69, 9.17) is 5.73 Å². The molecule has 1 amide bonds. The van der Waals surface area contributed by atoms with E-state index in [1.807, 2.05) is 6.92 Å². The monoisotopic (exact) mass is 268 g/mol. The molecule has 0 aromatic rings. The van der Waals surface area contributed by atoms with Crippen molar-refractivity contribution in [3.63, 3.8) is 0 Å². The van der Waals surface area contributed by atoms with Crippen molar-refractivity contribution in [2.24, 2.45) is 5.73 Å². The summed E-state index contributed by atoms with van der Waals surface area (Å²) in [5, 5.41) is 2.88. The number of amides is 1. The standard InChI is InChI=1S/C14H28N4O/c1-3-16-14(19)7-13(8-15)18-10-12-5-4-6-17(12)9-11(18)2/h11-13H,3-10,15H2,1-2H3,(H,16,19). The molecule has 5 heteroatoms. The highest BCUT2D eigenvalue weighted by atomic mass is 16.1. The SMILES string of the molecule is CCNC(=O)CC(CN)N1CC2CCCN2CC1C. The summed E-state index contributed by atoms with van der Waals surface area (Å²) in [5.74, 6) is 0.124. The first kappa shape index (κ1) is 14.8. The lowest BCUT2D eigenvalue weighted by Gasteiger charge is -2.45. The van der Waals surface area contributed by atoms with Crippen LogP contribution in [0.3, 0.4) is 0 Å². The van der Waals surface area contributed by atoms with Gasteiger partial charge in [0.25, 0.3) is 0 Å². The van der Waals surface area contributed by atoms with Gasteiger partial charge in [-0.2, -0.15) is 0 Å². The minimum atomic E-state index is 0.124. The van der Waals surface area contributed by atoms with Gasteiger partial charge in [0.1, 0.15) is 0 Å². The number of carbonyl (C=O) groups is 1. The summed E-state index contributed by atoms with van der Waals surface area (Å²) < 4.78 is 0. The van der Waals surface area contributed by atoms with Crippen molar-refractivity contribution in [3.05, 3.63) is 0 Å². The zero-order chi connectivity index (χ0) is 13.8. The molecule has 0 bridgehead atoms. The quantitative estimate of drug-likeness (QED) is 0.737. The molecule has 2 aliphatic heterocycles. The van der Waals surface area contributed by atoms with Gasteiger partial charge in [-0.3, -0.25) is 14.6 Å². The van der Waals surface area contributed by atoms with Crippen molar-refractivity contribution < 1.29 is 4.79 Å². The van der Waals surface area contributed by atoms with Crippen LogP contribution < -0.4 is 11.1 Å². The van der Waals surface area contributed by atoms with E-state index in [2.05, 4.69) is 22.0 Å². The first-order valence-corrected chi connectivity index (χ1v) is 7.62. The van der Waals surface area contributed by atoms with Crippen LogP contribution in [0.1, 0.15) is 33.1 Å². The van der Waals surface area contributed by atoms with E-state index in [9.17, 15) is 4.79 Å². The minimum Gasteiger partial charge on any atom is -0.356 e. The van der Waals surface area contributed by atoms with Crippen molar-refractivity contribution in [1.29, 1.82) is 0 Å². The van der Waals surface area contributed by atoms with Crippen molar-refractivity contribution in [3.8, 4) is 0 Å². The largest absolute Gasteiger partial charge is 0.356 e. The Balaban J connectivity index is 1.95. The third kappa shape index (κ3) is 3.46. The molecule has 0 saturated carbocycles. The number of carbonyl (C=O) groups excluding carboxylic acids is 1. The fourth-order valence-corrected chi connectivity index (χ4v) is 3.54. The molecule has 3 unspecified atom stereocenters. The zero-order valence-corrected chi connectivity index (χ0v) is 12.3. The molecule has 2 aliphatic rings. The summed E-state index contributed by atoms with van der Waals surface area (Å²) in [5.41, 5.74) is 5.91. The minimum absolute atomic E-state index is 0.124. The van der Waals surface area contributed by atoms with Gasteiger partial charge in [-0.15, -0.1) is 0 Å². The molecule has 2 rings (SSSR count). The first-order valence-electron chi connectivity index (χ1n) is 7.62. The van der Waals surface area contributed by atoms with Gasteiger partial charge in [-0.1, -0.05) is 0 Å². The molecule has 0 aromatic carbocycles. The van der Waals surface area contributed by atoms with Crippen molar-refractivity contribution in [2.45, 2.75) is 51.2 Å². The second-order valence-corrected chi connectivity index (χ2v) is 5.88. The Labute approximate surface area is 116 Å². The average molecular weight is 268 g/mol. The Morgan fingerprint density at radius 2 is 2.26 bits per heavy atom. The Bertz CT molecular complexity index is 310. The zero-order valence-electron chi connectivity index (χ0n) is 12.3. The average Bonchev–Trinajstić information content (AvgIpc) is 2.82. The molecule has 2 saturated heterocycles. The predicted molar refractivity (Wildman–Crippen MR) is 76.9 cm³/mol. The molecule has 2 heterocycles. The number of piperazine rings is 1. The summed E-state index contributed by atoms with van der Waals surface area (Å²) in [6.45, 7) is 8.91. The number of fused-ring (bicyclic) bond motifs is 1. The van der Waals surface area contributed by atoms with Gasteiger partial charge >= 0.3 is 0 Å². The van der Waals surface area contributed by atoms with Gasteiger partial charge in [0.05, 0.1) is 0 Å². The van der Waals surface area contributed by atoms with Crippen LogP contribution >= 0.6 is 0 Å². The van der Waals surface area contributed by atoms with E-state index < -0.39 is 0 Å². The maximum Gasteiger partial charge on any atom is 0.221 e. The van der Waals surface area contributed by atoms with E-state index in [1.165, 1.54) is 19.4 Å². The van der Waals surface area contributed by atoms with Gasteiger partial charge in [-0.05, 0) is 33.2 Å². The number of nitrogens with two attached hydrogens (primary N) is 1. The van der Waals surface area contributed by atoms with Gasteiger partial charge < -0.3 is 11.1 Å². The second kappa shape index (κ2) is 6.68. The van der Waals surface area contributed by atoms with E-state index in [-0.39, 0.29) is 11.9 Å². The Kier molecular flexibility index (Phi) is 5.19. The van der Waals surface area contributed by atoms with Gasteiger partial charge in [0.2, 0.25) is 5.91 Å². The van der Waals surface area contributed by atoms with Gasteiger partial charge in [-0.25, -0.2) is 0 Å². The summed E-state index contributed by atoms with van der Waals surface area (Å²) in [6.07, 6.45) is 3.14. The van der Waals surface area contributed by atoms with Gasteiger partial charge in [0.15, 0.2) is 0 Å². The molecular formula is C14H28N4O. The number of nitrogens with zero attached hydrogens (tertiary/aromatic N) is 2. The van der Waals surface area contributed by atoms with Crippen molar-refractivity contribution in [1.82, 2.24) is 15.1 Å². The third-order valence-corrected chi connectivity index (χ3v) is 4.52. The Morgan fingerprint density at radius 3 is 2.95 bits per heavy atom. The Hall–Kier alpha value is -0.650. The van der Waals surface area contributed by atoms with Crippen LogP contribution in [0.15, 0.2) is 0 Å². The highest BCUT2D eigenvalue weighted by Gasteiger charge is 2.37. The highest BCUT2D eigenvalue weighted by molar-refractivity contribution is 5.76. The molecular weight excluding hydrogens is 240 g/mol. The van der Waals surface area contributed by atoms with Gasteiger partial charge in [0, 0.05) is 50.7 Å². The van der Waals surface area contributed by atoms with Crippen LogP contribution in [0.5, 0.6) is 0 Å². The van der Waals surface area contributed by atoms with Crippen molar-refractivity contribution in [2.75, 3.05) is 32.7 Å². The Morgan fingerprint density at radius 1 is 1.47 bits per heavy atom. The number of hydrogen-bond acceptors (Lipinski definition) is 4. The number of rotatable bonds is 5. The summed E-state index contributed by atoms with van der Waals surface area (Å²) in [4.78, 5) is 16.8. The second-order valence-electron chi connectivity index (χ2n) is 5.88. The van der Waals surface area contributed by atoms with Crippen LogP contribution in [0.2, 0.25) is 0 Å². The molecule has 3 atom stereocenters. The van der Waals surface area contributed by atoms with E-state index in [0.29, 0.717) is 31.6 Å². The molecule has 2 fully saturated rings. The lowest BCUT2D eigenvalue weighted by molar-refractivity contribution is -0.122. The van der Waals surface area contributed by atoms with E-state index >= 15 is 0 Å². The predicted octanol–water partition coefficient (Wildman–Crippen LogP) is 0.00840. The molecule has 110 valence electrons.